The summed E-state index contributed by atoms with van der Waals surface area (Å²) < 4.78 is 0. The molecule has 0 aromatic carbocycles. The van der Waals surface area contributed by atoms with Gasteiger partial charge in [-0.25, -0.2) is 0 Å². The number of aliphatic carboxylic acids is 1. The molecule has 0 aromatic heterocycles. The molecule has 1 atom stereocenters. The molecule has 0 aliphatic carbocycles. The number of amides is 1. The molecule has 0 aromatic rings. The minimum absolute atomic E-state index is 0. The Morgan fingerprint density at radius 3 is 2.18 bits per heavy atom. The van der Waals surface area contributed by atoms with Crippen LogP contribution in [0.1, 0.15) is 12.8 Å². The second-order valence-electron chi connectivity index (χ2n) is 1.95. The molecule has 0 heterocycles. The van der Waals surface area contributed by atoms with Crippen molar-refractivity contribution in [1.82, 2.24) is 0 Å². The Balaban J connectivity index is 0. The van der Waals surface area contributed by atoms with Gasteiger partial charge in [0.1, 0.15) is 6.04 Å². The van der Waals surface area contributed by atoms with Gasteiger partial charge in [-0.15, -0.1) is 0 Å². The van der Waals surface area contributed by atoms with Crippen molar-refractivity contribution in [1.29, 1.82) is 0 Å². The van der Waals surface area contributed by atoms with Crippen molar-refractivity contribution in [2.75, 3.05) is 0 Å². The first-order chi connectivity index (χ1) is 4.54. The van der Waals surface area contributed by atoms with Gasteiger partial charge in [0.05, 0.1) is 0 Å². The number of carbonyl (C=O) groups is 2. The molecule has 0 bridgehead atoms. The van der Waals surface area contributed by atoms with Gasteiger partial charge in [0, 0.05) is 6.42 Å². The Morgan fingerprint density at radius 1 is 1.45 bits per heavy atom. The molecular weight excluding hydrogens is 251 g/mol. The summed E-state index contributed by atoms with van der Waals surface area (Å²) in [6.45, 7) is 0. The maximum atomic E-state index is 10.1. The van der Waals surface area contributed by atoms with E-state index in [9.17, 15) is 9.59 Å². The molecule has 6 heteroatoms. The van der Waals surface area contributed by atoms with Gasteiger partial charge < -0.3 is 16.6 Å². The fourth-order valence-electron chi connectivity index (χ4n) is 0.421. The summed E-state index contributed by atoms with van der Waals surface area (Å²) in [5.41, 5.74) is 9.81. The number of primary amides is 1. The number of carboxylic acids is 1. The molecule has 5 N–H and O–H groups in total. The molecule has 1 amide bonds. The van der Waals surface area contributed by atoms with Crippen LogP contribution in [0.3, 0.4) is 0 Å². The van der Waals surface area contributed by atoms with Crippen molar-refractivity contribution in [2.24, 2.45) is 11.5 Å². The van der Waals surface area contributed by atoms with E-state index < -0.39 is 17.9 Å². The van der Waals surface area contributed by atoms with Gasteiger partial charge in [-0.2, -0.15) is 0 Å². The van der Waals surface area contributed by atoms with E-state index in [1.807, 2.05) is 0 Å². The van der Waals surface area contributed by atoms with Crippen LogP contribution < -0.4 is 11.5 Å². The van der Waals surface area contributed by atoms with Crippen LogP contribution in [0.2, 0.25) is 0 Å². The van der Waals surface area contributed by atoms with Crippen LogP contribution in [-0.4, -0.2) is 48.9 Å². The third-order valence-corrected chi connectivity index (χ3v) is 1.02. The summed E-state index contributed by atoms with van der Waals surface area (Å²) in [7, 11) is 0. The number of carboxylic acid groups (broad SMARTS) is 1. The molecule has 0 radical (unpaired) electrons. The first-order valence-electron chi connectivity index (χ1n) is 2.80. The van der Waals surface area contributed by atoms with E-state index in [0.717, 1.165) is 0 Å². The first-order valence-corrected chi connectivity index (χ1v) is 2.80. The zero-order valence-electron chi connectivity index (χ0n) is 5.41. The molecule has 0 spiro atoms. The Bertz CT molecular complexity index is 151. The Labute approximate surface area is 82.9 Å². The molecule has 0 aliphatic rings. The van der Waals surface area contributed by atoms with Crippen molar-refractivity contribution in [2.45, 2.75) is 18.9 Å². The molecule has 0 saturated carbocycles. The monoisotopic (exact) mass is 264 g/mol. The van der Waals surface area contributed by atoms with Crippen molar-refractivity contribution < 1.29 is 14.7 Å². The number of hydrogen-bond acceptors (Lipinski definition) is 3. The van der Waals surface area contributed by atoms with E-state index in [-0.39, 0.29) is 38.7 Å². The molecule has 64 valence electrons. The molecule has 0 aliphatic heterocycles. The summed E-state index contributed by atoms with van der Waals surface area (Å²) in [5.74, 6) is -1.64. The molecular formula is C5H13InN2O3. The number of nitrogens with two attached hydrogens (primary N) is 2. The Hall–Kier alpha value is -0.230. The minimum atomic E-state index is -1.11. The van der Waals surface area contributed by atoms with Crippen LogP contribution in [0.4, 0.5) is 0 Å². The predicted octanol–water partition coefficient (Wildman–Crippen LogP) is -2.52. The summed E-state index contributed by atoms with van der Waals surface area (Å²) in [6, 6.07) is -0.979. The second kappa shape index (κ2) is 6.48. The van der Waals surface area contributed by atoms with Gasteiger partial charge in [-0.1, -0.05) is 0 Å². The van der Waals surface area contributed by atoms with E-state index in [1.165, 1.54) is 0 Å². The van der Waals surface area contributed by atoms with E-state index in [4.69, 9.17) is 16.6 Å². The average Bonchev–Trinajstić information content (AvgIpc) is 1.82. The van der Waals surface area contributed by atoms with Crippen LogP contribution in [0.25, 0.3) is 0 Å². The standard InChI is InChI=1S/C5H10N2O3.In.3H/c6-3(5(9)10)1-2-4(7)8;;;;/h3H,1-2,6H2,(H2,7,8)(H,9,10);;;;/t3-;;;;/m0..../s1. The van der Waals surface area contributed by atoms with Crippen LogP contribution in [0, 0.1) is 0 Å². The van der Waals surface area contributed by atoms with Gasteiger partial charge in [0.2, 0.25) is 5.91 Å². The van der Waals surface area contributed by atoms with Crippen molar-refractivity contribution in [3.05, 3.63) is 0 Å². The Kier molecular flexibility index (Phi) is 7.87. The molecule has 0 saturated heterocycles. The van der Waals surface area contributed by atoms with Crippen LogP contribution in [0.15, 0.2) is 0 Å². The third-order valence-electron chi connectivity index (χ3n) is 1.02. The van der Waals surface area contributed by atoms with E-state index in [0.29, 0.717) is 0 Å². The van der Waals surface area contributed by atoms with Gasteiger partial charge in [0.25, 0.3) is 0 Å². The normalized spacial score (nSPS) is 11.4. The fraction of sp³-hybridized carbons (Fsp3) is 0.600. The maximum absolute atomic E-state index is 10.1. The van der Waals surface area contributed by atoms with E-state index in [2.05, 4.69) is 0 Å². The average molecular weight is 264 g/mol. The zero-order valence-corrected chi connectivity index (χ0v) is 5.41. The summed E-state index contributed by atoms with van der Waals surface area (Å²) in [6.07, 6.45) is 0.123. The summed E-state index contributed by atoms with van der Waals surface area (Å²) in [4.78, 5) is 20.1. The van der Waals surface area contributed by atoms with Crippen molar-refractivity contribution in [3.63, 3.8) is 0 Å². The molecule has 11 heavy (non-hydrogen) atoms. The second-order valence-corrected chi connectivity index (χ2v) is 1.95. The zero-order chi connectivity index (χ0) is 8.15. The molecule has 5 nitrogen and oxygen atoms in total. The van der Waals surface area contributed by atoms with Gasteiger partial charge in [-0.05, 0) is 6.42 Å². The topological polar surface area (TPSA) is 106 Å². The number of rotatable bonds is 4. The SMILES string of the molecule is NC(=O)CC[C@H](N)C(=O)O.[InH3]. The van der Waals surface area contributed by atoms with Crippen molar-refractivity contribution in [3.8, 4) is 0 Å². The van der Waals surface area contributed by atoms with Gasteiger partial charge in [0.15, 0.2) is 0 Å². The summed E-state index contributed by atoms with van der Waals surface area (Å²) in [5, 5.41) is 8.22. The van der Waals surface area contributed by atoms with Crippen molar-refractivity contribution >= 4 is 37.7 Å². The van der Waals surface area contributed by atoms with E-state index >= 15 is 0 Å². The van der Waals surface area contributed by atoms with Crippen LogP contribution in [0.5, 0.6) is 0 Å². The van der Waals surface area contributed by atoms with Crippen LogP contribution >= 0.6 is 0 Å². The number of carbonyl (C=O) groups excluding carboxylic acids is 1. The third kappa shape index (κ3) is 7.67. The Morgan fingerprint density at radius 2 is 1.91 bits per heavy atom. The van der Waals surface area contributed by atoms with Crippen LogP contribution in [-0.2, 0) is 9.59 Å². The van der Waals surface area contributed by atoms with Gasteiger partial charge in [-0.3, -0.25) is 9.59 Å². The molecule has 0 fully saturated rings. The predicted molar refractivity (Wildman–Crippen MR) is 44.0 cm³/mol. The first kappa shape index (κ1) is 13.4. The van der Waals surface area contributed by atoms with Gasteiger partial charge >= 0.3 is 31.8 Å². The van der Waals surface area contributed by atoms with E-state index in [1.54, 1.807) is 0 Å². The summed E-state index contributed by atoms with van der Waals surface area (Å²) >= 11 is 0. The quantitative estimate of drug-likeness (QED) is 0.521. The fourth-order valence-corrected chi connectivity index (χ4v) is 0.421. The molecule has 0 rings (SSSR count). The number of hydrogen-bond donors (Lipinski definition) is 3. The molecule has 0 unspecified atom stereocenters.